The van der Waals surface area contributed by atoms with Gasteiger partial charge in [-0.25, -0.2) is 15.0 Å². The number of ether oxygens (including phenoxy) is 1. The first-order chi connectivity index (χ1) is 14.1. The van der Waals surface area contributed by atoms with Gasteiger partial charge in [-0.05, 0) is 31.4 Å². The van der Waals surface area contributed by atoms with Gasteiger partial charge in [0.25, 0.3) is 0 Å². The lowest BCUT2D eigenvalue weighted by molar-refractivity contribution is -0.00536. The summed E-state index contributed by atoms with van der Waals surface area (Å²) < 4.78 is 13.3. The van der Waals surface area contributed by atoms with Crippen molar-refractivity contribution in [2.24, 2.45) is 0 Å². The third-order valence-electron chi connectivity index (χ3n) is 4.85. The molecule has 0 amide bonds. The summed E-state index contributed by atoms with van der Waals surface area (Å²) in [5.41, 5.74) is 0.896. The van der Waals surface area contributed by atoms with Gasteiger partial charge in [-0.3, -0.25) is 4.57 Å². The van der Waals surface area contributed by atoms with Gasteiger partial charge in [-0.1, -0.05) is 37.3 Å². The van der Waals surface area contributed by atoms with E-state index in [1.165, 1.54) is 0 Å². The SMILES string of the molecule is CCCCCC#Cc1nc(Cl)c2nc(-c3ccc(C)o3)n([C@@H]3OCC[C@H]3O)c2n1. The van der Waals surface area contributed by atoms with Crippen molar-refractivity contribution in [2.75, 3.05) is 6.61 Å². The molecule has 0 aromatic carbocycles. The molecule has 0 radical (unpaired) electrons. The molecule has 1 N–H and O–H groups in total. The van der Waals surface area contributed by atoms with Gasteiger partial charge in [0.2, 0.25) is 5.82 Å². The number of furan rings is 1. The van der Waals surface area contributed by atoms with Crippen LogP contribution >= 0.6 is 11.6 Å². The van der Waals surface area contributed by atoms with Crippen LogP contribution in [0.25, 0.3) is 22.7 Å². The largest absolute Gasteiger partial charge is 0.458 e. The van der Waals surface area contributed by atoms with Crippen LogP contribution in [0.3, 0.4) is 0 Å². The van der Waals surface area contributed by atoms with E-state index in [2.05, 4.69) is 33.7 Å². The maximum Gasteiger partial charge on any atom is 0.208 e. The second-order valence-corrected chi connectivity index (χ2v) is 7.46. The predicted octanol–water partition coefficient (Wildman–Crippen LogP) is 4.26. The molecule has 8 heteroatoms. The van der Waals surface area contributed by atoms with Crippen molar-refractivity contribution < 1.29 is 14.3 Å². The number of unbranched alkanes of at least 4 members (excludes halogenated alkanes) is 3. The van der Waals surface area contributed by atoms with Gasteiger partial charge in [-0.15, -0.1) is 0 Å². The Morgan fingerprint density at radius 2 is 2.14 bits per heavy atom. The maximum absolute atomic E-state index is 10.5. The minimum absolute atomic E-state index is 0.212. The van der Waals surface area contributed by atoms with Crippen LogP contribution in [-0.2, 0) is 4.74 Å². The maximum atomic E-state index is 10.5. The first-order valence-electron chi connectivity index (χ1n) is 9.89. The normalized spacial score (nSPS) is 18.9. The Hall–Kier alpha value is -2.40. The van der Waals surface area contributed by atoms with Gasteiger partial charge >= 0.3 is 0 Å². The van der Waals surface area contributed by atoms with Crippen LogP contribution in [0.15, 0.2) is 16.5 Å². The quantitative estimate of drug-likeness (QED) is 0.381. The Morgan fingerprint density at radius 1 is 1.28 bits per heavy atom. The van der Waals surface area contributed by atoms with Crippen LogP contribution in [0, 0.1) is 18.8 Å². The number of aliphatic hydroxyl groups excluding tert-OH is 1. The van der Waals surface area contributed by atoms with Crippen molar-refractivity contribution in [1.29, 1.82) is 0 Å². The molecule has 0 bridgehead atoms. The van der Waals surface area contributed by atoms with Crippen LogP contribution in [-0.4, -0.2) is 37.3 Å². The predicted molar refractivity (Wildman–Crippen MR) is 109 cm³/mol. The molecule has 29 heavy (non-hydrogen) atoms. The summed E-state index contributed by atoms with van der Waals surface area (Å²) in [6, 6.07) is 3.68. The number of aryl methyl sites for hydroxylation is 1. The highest BCUT2D eigenvalue weighted by molar-refractivity contribution is 6.33. The Morgan fingerprint density at radius 3 is 2.83 bits per heavy atom. The molecule has 0 spiro atoms. The van der Waals surface area contributed by atoms with Crippen molar-refractivity contribution in [3.63, 3.8) is 0 Å². The molecule has 0 unspecified atom stereocenters. The molecule has 1 fully saturated rings. The molecule has 3 aromatic rings. The van der Waals surface area contributed by atoms with Gasteiger partial charge in [-0.2, -0.15) is 0 Å². The van der Waals surface area contributed by atoms with E-state index in [1.807, 2.05) is 19.1 Å². The van der Waals surface area contributed by atoms with E-state index in [0.717, 1.165) is 31.4 Å². The molecule has 1 aliphatic rings. The number of rotatable bonds is 5. The first-order valence-corrected chi connectivity index (χ1v) is 10.3. The zero-order valence-electron chi connectivity index (χ0n) is 16.5. The monoisotopic (exact) mass is 414 g/mol. The molecular weight excluding hydrogens is 392 g/mol. The molecule has 4 rings (SSSR count). The fourth-order valence-electron chi connectivity index (χ4n) is 3.38. The minimum atomic E-state index is -0.681. The number of aliphatic hydroxyl groups is 1. The summed E-state index contributed by atoms with van der Waals surface area (Å²) in [5.74, 6) is 8.22. The lowest BCUT2D eigenvalue weighted by atomic mass is 10.2. The number of imidazole rings is 1. The summed E-state index contributed by atoms with van der Waals surface area (Å²) in [5, 5.41) is 10.7. The van der Waals surface area contributed by atoms with Crippen molar-refractivity contribution in [2.45, 2.75) is 58.3 Å². The Bertz CT molecular complexity index is 1080. The highest BCUT2D eigenvalue weighted by atomic mass is 35.5. The van der Waals surface area contributed by atoms with Crippen LogP contribution in [0.2, 0.25) is 5.15 Å². The number of hydrogen-bond donors (Lipinski definition) is 1. The summed E-state index contributed by atoms with van der Waals surface area (Å²) >= 11 is 6.42. The zero-order valence-corrected chi connectivity index (χ0v) is 17.2. The fraction of sp³-hybridized carbons (Fsp3) is 0.476. The first kappa shape index (κ1) is 19.9. The lowest BCUT2D eigenvalue weighted by Crippen LogP contribution is -2.20. The van der Waals surface area contributed by atoms with Crippen LogP contribution < -0.4 is 0 Å². The van der Waals surface area contributed by atoms with E-state index in [1.54, 1.807) is 4.57 Å². The fourth-order valence-corrected chi connectivity index (χ4v) is 3.59. The summed E-state index contributed by atoms with van der Waals surface area (Å²) in [7, 11) is 0. The van der Waals surface area contributed by atoms with Gasteiger partial charge in [0, 0.05) is 12.8 Å². The number of aromatic nitrogens is 4. The highest BCUT2D eigenvalue weighted by Crippen LogP contribution is 2.35. The molecular formula is C21H23ClN4O3. The molecule has 152 valence electrons. The average Bonchev–Trinajstić information content (AvgIpc) is 3.40. The van der Waals surface area contributed by atoms with Crippen molar-refractivity contribution in [3.05, 3.63) is 28.9 Å². The van der Waals surface area contributed by atoms with Crippen LogP contribution in [0.5, 0.6) is 0 Å². The molecule has 3 aromatic heterocycles. The van der Waals surface area contributed by atoms with Gasteiger partial charge in [0.05, 0.1) is 6.61 Å². The van der Waals surface area contributed by atoms with E-state index in [0.29, 0.717) is 41.6 Å². The Labute approximate surface area is 174 Å². The smallest absolute Gasteiger partial charge is 0.208 e. The summed E-state index contributed by atoms with van der Waals surface area (Å²) in [6.07, 6.45) is 3.34. The standard InChI is InChI=1S/C21H23ClN4O3/c1-3-4-5-6-7-8-16-23-18(22)17-20(24-16)26(21-14(27)11-12-28-21)19(25-17)15-10-9-13(2)29-15/h9-10,14,21,27H,3-6,11-12H2,1-2H3/t14-,21-/m1/s1. The van der Waals surface area contributed by atoms with Gasteiger partial charge in [0.15, 0.2) is 28.6 Å². The summed E-state index contributed by atoms with van der Waals surface area (Å²) in [6.45, 7) is 4.46. The molecule has 7 nitrogen and oxygen atoms in total. The third kappa shape index (κ3) is 4.01. The topological polar surface area (TPSA) is 86.2 Å². The average molecular weight is 415 g/mol. The molecule has 1 aliphatic heterocycles. The van der Waals surface area contributed by atoms with E-state index in [4.69, 9.17) is 20.8 Å². The molecule has 0 saturated carbocycles. The molecule has 2 atom stereocenters. The van der Waals surface area contributed by atoms with E-state index in [9.17, 15) is 5.11 Å². The van der Waals surface area contributed by atoms with Gasteiger partial charge < -0.3 is 14.3 Å². The minimum Gasteiger partial charge on any atom is -0.458 e. The summed E-state index contributed by atoms with van der Waals surface area (Å²) in [4.78, 5) is 13.5. The molecule has 4 heterocycles. The van der Waals surface area contributed by atoms with Crippen LogP contribution in [0.1, 0.15) is 56.8 Å². The van der Waals surface area contributed by atoms with Crippen molar-refractivity contribution >= 4 is 22.8 Å². The van der Waals surface area contributed by atoms with E-state index in [-0.39, 0.29) is 5.15 Å². The van der Waals surface area contributed by atoms with E-state index < -0.39 is 12.3 Å². The van der Waals surface area contributed by atoms with Crippen molar-refractivity contribution in [3.8, 4) is 23.4 Å². The lowest BCUT2D eigenvalue weighted by Gasteiger charge is -2.18. The Balaban J connectivity index is 1.82. The Kier molecular flexibility index (Phi) is 5.86. The number of hydrogen-bond acceptors (Lipinski definition) is 6. The number of halogens is 1. The van der Waals surface area contributed by atoms with E-state index >= 15 is 0 Å². The third-order valence-corrected chi connectivity index (χ3v) is 5.11. The van der Waals surface area contributed by atoms with Crippen LogP contribution in [0.4, 0.5) is 0 Å². The second kappa shape index (κ2) is 8.54. The number of nitrogens with zero attached hydrogens (tertiary/aromatic N) is 4. The number of fused-ring (bicyclic) bond motifs is 1. The zero-order chi connectivity index (χ0) is 20.4. The van der Waals surface area contributed by atoms with Crippen molar-refractivity contribution in [1.82, 2.24) is 19.5 Å². The molecule has 1 saturated heterocycles. The molecule has 0 aliphatic carbocycles. The highest BCUT2D eigenvalue weighted by Gasteiger charge is 2.33. The van der Waals surface area contributed by atoms with Gasteiger partial charge in [0.1, 0.15) is 17.4 Å². The second-order valence-electron chi connectivity index (χ2n) is 7.10.